The Labute approximate surface area is 202 Å². The molecule has 0 saturated carbocycles. The van der Waals surface area contributed by atoms with Gasteiger partial charge in [-0.15, -0.1) is 0 Å². The summed E-state index contributed by atoms with van der Waals surface area (Å²) in [7, 11) is 0. The van der Waals surface area contributed by atoms with Crippen LogP contribution in [0.15, 0.2) is 30.3 Å². The van der Waals surface area contributed by atoms with Gasteiger partial charge < -0.3 is 0 Å². The minimum atomic E-state index is 0.214. The van der Waals surface area contributed by atoms with Gasteiger partial charge in [0.05, 0.1) is 0 Å². The number of benzene rings is 1. The molecule has 1 rings (SSSR count). The molecular formula is C31H57N. The van der Waals surface area contributed by atoms with Crippen molar-refractivity contribution in [3.63, 3.8) is 0 Å². The lowest BCUT2D eigenvalue weighted by molar-refractivity contribution is 0.0789. The van der Waals surface area contributed by atoms with E-state index in [2.05, 4.69) is 62.9 Å². The Morgan fingerprint density at radius 2 is 0.938 bits per heavy atom. The number of hydrogen-bond acceptors (Lipinski definition) is 1. The van der Waals surface area contributed by atoms with E-state index in [1.54, 1.807) is 0 Å². The smallest absolute Gasteiger partial charge is 0.0455 e. The van der Waals surface area contributed by atoms with Crippen LogP contribution in [0.1, 0.15) is 149 Å². The summed E-state index contributed by atoms with van der Waals surface area (Å²) in [4.78, 5) is 2.76. The third-order valence-corrected chi connectivity index (χ3v) is 7.75. The molecule has 1 aromatic carbocycles. The highest BCUT2D eigenvalue weighted by atomic mass is 15.2. The van der Waals surface area contributed by atoms with Crippen molar-refractivity contribution < 1.29 is 0 Å². The molecule has 1 heteroatoms. The number of unbranched alkanes of at least 4 members (excludes halogenated alkanes) is 15. The third-order valence-electron chi connectivity index (χ3n) is 7.75. The van der Waals surface area contributed by atoms with Crippen molar-refractivity contribution in [2.24, 2.45) is 0 Å². The highest BCUT2D eigenvalue weighted by Gasteiger charge is 2.33. The standard InChI is InChI=1S/C31H57N/c1-5-9-10-11-12-13-14-15-16-17-18-19-20-21-22-26-29-32(8-4)31(6-2,7-3)30-27-24-23-25-28-30/h23-25,27-28H,5-22,26,29H2,1-4H3. The summed E-state index contributed by atoms with van der Waals surface area (Å²) in [6, 6.07) is 11.2. The molecule has 186 valence electrons. The van der Waals surface area contributed by atoms with Gasteiger partial charge in [0.25, 0.3) is 0 Å². The molecule has 0 unspecified atom stereocenters. The van der Waals surface area contributed by atoms with Gasteiger partial charge in [0.15, 0.2) is 0 Å². The monoisotopic (exact) mass is 443 g/mol. The fourth-order valence-electron chi connectivity index (χ4n) is 5.56. The Morgan fingerprint density at radius 1 is 0.531 bits per heavy atom. The van der Waals surface area contributed by atoms with Gasteiger partial charge in [-0.05, 0) is 37.9 Å². The summed E-state index contributed by atoms with van der Waals surface area (Å²) < 4.78 is 0. The highest BCUT2D eigenvalue weighted by molar-refractivity contribution is 5.24. The lowest BCUT2D eigenvalue weighted by Gasteiger charge is -2.43. The quantitative estimate of drug-likeness (QED) is 0.161. The number of rotatable bonds is 22. The summed E-state index contributed by atoms with van der Waals surface area (Å²) in [5.41, 5.74) is 1.72. The molecular weight excluding hydrogens is 386 g/mol. The van der Waals surface area contributed by atoms with Gasteiger partial charge in [0, 0.05) is 5.54 Å². The van der Waals surface area contributed by atoms with Gasteiger partial charge in [-0.2, -0.15) is 0 Å². The molecule has 0 saturated heterocycles. The van der Waals surface area contributed by atoms with E-state index < -0.39 is 0 Å². The molecule has 0 amide bonds. The van der Waals surface area contributed by atoms with Crippen LogP contribution in [0.4, 0.5) is 0 Å². The molecule has 32 heavy (non-hydrogen) atoms. The first kappa shape index (κ1) is 29.2. The van der Waals surface area contributed by atoms with E-state index in [4.69, 9.17) is 0 Å². The Balaban J connectivity index is 2.08. The van der Waals surface area contributed by atoms with E-state index in [1.807, 2.05) is 0 Å². The van der Waals surface area contributed by atoms with E-state index in [0.29, 0.717) is 0 Å². The second-order valence-corrected chi connectivity index (χ2v) is 9.99. The molecule has 0 aliphatic rings. The van der Waals surface area contributed by atoms with Gasteiger partial charge in [0.2, 0.25) is 0 Å². The zero-order valence-corrected chi connectivity index (χ0v) is 22.5. The maximum absolute atomic E-state index is 2.76. The molecule has 0 atom stereocenters. The maximum Gasteiger partial charge on any atom is 0.0455 e. The van der Waals surface area contributed by atoms with E-state index in [-0.39, 0.29) is 5.54 Å². The summed E-state index contributed by atoms with van der Waals surface area (Å²) in [6.45, 7) is 11.8. The normalized spacial score (nSPS) is 12.0. The second kappa shape index (κ2) is 19.6. The van der Waals surface area contributed by atoms with Crippen molar-refractivity contribution in [2.75, 3.05) is 13.1 Å². The molecule has 0 bridgehead atoms. The van der Waals surface area contributed by atoms with Crippen LogP contribution >= 0.6 is 0 Å². The van der Waals surface area contributed by atoms with Crippen LogP contribution in [0.5, 0.6) is 0 Å². The van der Waals surface area contributed by atoms with Gasteiger partial charge in [-0.1, -0.05) is 154 Å². The van der Waals surface area contributed by atoms with Crippen LogP contribution in [0.3, 0.4) is 0 Å². The molecule has 0 aliphatic heterocycles. The van der Waals surface area contributed by atoms with E-state index >= 15 is 0 Å². The fraction of sp³-hybridized carbons (Fsp3) is 0.806. The molecule has 0 aliphatic carbocycles. The Hall–Kier alpha value is -0.820. The van der Waals surface area contributed by atoms with Crippen molar-refractivity contribution in [3.05, 3.63) is 35.9 Å². The van der Waals surface area contributed by atoms with Crippen LogP contribution in [0.2, 0.25) is 0 Å². The maximum atomic E-state index is 2.76. The minimum absolute atomic E-state index is 0.214. The van der Waals surface area contributed by atoms with Crippen molar-refractivity contribution in [1.29, 1.82) is 0 Å². The van der Waals surface area contributed by atoms with Crippen LogP contribution in [0, 0.1) is 0 Å². The highest BCUT2D eigenvalue weighted by Crippen LogP contribution is 2.35. The molecule has 0 aromatic heterocycles. The molecule has 0 radical (unpaired) electrons. The summed E-state index contributed by atoms with van der Waals surface area (Å²) in [6.07, 6.45) is 25.4. The average molecular weight is 444 g/mol. The van der Waals surface area contributed by atoms with Crippen LogP contribution in [0.25, 0.3) is 0 Å². The molecule has 1 nitrogen and oxygen atoms in total. The van der Waals surface area contributed by atoms with Gasteiger partial charge in [-0.25, -0.2) is 0 Å². The van der Waals surface area contributed by atoms with Crippen molar-refractivity contribution in [2.45, 2.75) is 149 Å². The van der Waals surface area contributed by atoms with Gasteiger partial charge in [-0.3, -0.25) is 4.90 Å². The first-order chi connectivity index (χ1) is 15.7. The Bertz CT molecular complexity index is 504. The van der Waals surface area contributed by atoms with E-state index in [0.717, 1.165) is 6.54 Å². The van der Waals surface area contributed by atoms with Crippen molar-refractivity contribution >= 4 is 0 Å². The lowest BCUT2D eigenvalue weighted by Crippen LogP contribution is -2.45. The second-order valence-electron chi connectivity index (χ2n) is 9.99. The van der Waals surface area contributed by atoms with Crippen LogP contribution < -0.4 is 0 Å². The summed E-state index contributed by atoms with van der Waals surface area (Å²) in [5, 5.41) is 0. The minimum Gasteiger partial charge on any atom is -0.294 e. The summed E-state index contributed by atoms with van der Waals surface area (Å²) in [5.74, 6) is 0. The predicted octanol–water partition coefficient (Wildman–Crippen LogP) is 10.3. The molecule has 0 spiro atoms. The lowest BCUT2D eigenvalue weighted by atomic mass is 9.82. The summed E-state index contributed by atoms with van der Waals surface area (Å²) >= 11 is 0. The average Bonchev–Trinajstić information content (AvgIpc) is 2.84. The Kier molecular flexibility index (Phi) is 17.9. The molecule has 0 heterocycles. The van der Waals surface area contributed by atoms with Gasteiger partial charge >= 0.3 is 0 Å². The topological polar surface area (TPSA) is 3.24 Å². The SMILES string of the molecule is CCCCCCCCCCCCCCCCCCN(CC)C(CC)(CC)c1ccccc1. The van der Waals surface area contributed by atoms with E-state index in [1.165, 1.54) is 128 Å². The first-order valence-corrected chi connectivity index (χ1v) is 14.6. The third kappa shape index (κ3) is 11.4. The predicted molar refractivity (Wildman–Crippen MR) is 145 cm³/mol. The van der Waals surface area contributed by atoms with Crippen molar-refractivity contribution in [1.82, 2.24) is 4.90 Å². The van der Waals surface area contributed by atoms with E-state index in [9.17, 15) is 0 Å². The molecule has 0 fully saturated rings. The first-order valence-electron chi connectivity index (χ1n) is 14.6. The zero-order valence-electron chi connectivity index (χ0n) is 22.5. The fourth-order valence-corrected chi connectivity index (χ4v) is 5.56. The largest absolute Gasteiger partial charge is 0.294 e. The zero-order chi connectivity index (χ0) is 23.3. The van der Waals surface area contributed by atoms with Gasteiger partial charge in [0.1, 0.15) is 0 Å². The van der Waals surface area contributed by atoms with Crippen molar-refractivity contribution in [3.8, 4) is 0 Å². The molecule has 0 N–H and O–H groups in total. The number of nitrogens with zero attached hydrogens (tertiary/aromatic N) is 1. The number of hydrogen-bond donors (Lipinski definition) is 0. The van der Waals surface area contributed by atoms with Crippen LogP contribution in [-0.4, -0.2) is 18.0 Å². The Morgan fingerprint density at radius 3 is 1.31 bits per heavy atom. The molecule has 1 aromatic rings. The van der Waals surface area contributed by atoms with Crippen LogP contribution in [-0.2, 0) is 5.54 Å².